The zero-order valence-electron chi connectivity index (χ0n) is 21.0. The Balaban J connectivity index is 1.41. The molecule has 37 heavy (non-hydrogen) atoms. The molecular weight excluding hydrogens is 489 g/mol. The highest BCUT2D eigenvalue weighted by molar-refractivity contribution is 6.30. The number of nitrogens with zero attached hydrogens (tertiary/aromatic N) is 3. The van der Waals surface area contributed by atoms with Gasteiger partial charge in [0.2, 0.25) is 5.91 Å². The maximum atomic E-state index is 14.1. The number of carbonyl (C=O) groups excluding carboxylic acids is 1. The van der Waals surface area contributed by atoms with Gasteiger partial charge in [0, 0.05) is 60.1 Å². The SMILES string of the molecule is CC(C)(N)CC(C(=O)N1CCN(c2c(-c3cccc(F)c3)cnc3[nH]ccc23)CC1)c1ccc(Cl)cc1. The van der Waals surface area contributed by atoms with E-state index in [-0.39, 0.29) is 17.6 Å². The Bertz CT molecular complexity index is 1400. The molecule has 0 bridgehead atoms. The lowest BCUT2D eigenvalue weighted by Gasteiger charge is -2.39. The molecule has 3 N–H and O–H groups in total. The third-order valence-electron chi connectivity index (χ3n) is 6.90. The van der Waals surface area contributed by atoms with Crippen molar-refractivity contribution in [2.45, 2.75) is 31.7 Å². The summed E-state index contributed by atoms with van der Waals surface area (Å²) in [6.07, 6.45) is 4.19. The fourth-order valence-corrected chi connectivity index (χ4v) is 5.27. The number of rotatable bonds is 6. The number of fused-ring (bicyclic) bond motifs is 1. The predicted molar refractivity (Wildman–Crippen MR) is 147 cm³/mol. The number of amides is 1. The second-order valence-electron chi connectivity index (χ2n) is 10.4. The number of aromatic amines is 1. The summed E-state index contributed by atoms with van der Waals surface area (Å²) in [5.41, 5.74) is 10.2. The molecule has 2 aromatic heterocycles. The zero-order chi connectivity index (χ0) is 26.2. The van der Waals surface area contributed by atoms with E-state index in [1.165, 1.54) is 12.1 Å². The molecule has 1 amide bonds. The smallest absolute Gasteiger partial charge is 0.230 e. The number of piperazine rings is 1. The van der Waals surface area contributed by atoms with Gasteiger partial charge in [-0.05, 0) is 61.7 Å². The molecule has 1 atom stereocenters. The minimum Gasteiger partial charge on any atom is -0.367 e. The number of hydrogen-bond acceptors (Lipinski definition) is 4. The van der Waals surface area contributed by atoms with Crippen LogP contribution in [-0.2, 0) is 4.79 Å². The minimum absolute atomic E-state index is 0.0763. The van der Waals surface area contributed by atoms with Crippen LogP contribution in [0.1, 0.15) is 31.7 Å². The van der Waals surface area contributed by atoms with E-state index in [0.29, 0.717) is 37.6 Å². The second-order valence-corrected chi connectivity index (χ2v) is 10.8. The lowest BCUT2D eigenvalue weighted by molar-refractivity contribution is -0.133. The molecule has 1 aliphatic rings. The Morgan fingerprint density at radius 1 is 1.14 bits per heavy atom. The van der Waals surface area contributed by atoms with Crippen LogP contribution in [0.25, 0.3) is 22.2 Å². The van der Waals surface area contributed by atoms with Gasteiger partial charge >= 0.3 is 0 Å². The van der Waals surface area contributed by atoms with Gasteiger partial charge in [0.15, 0.2) is 0 Å². The first-order valence-corrected chi connectivity index (χ1v) is 12.9. The fraction of sp³-hybridized carbons (Fsp3) is 0.310. The van der Waals surface area contributed by atoms with Gasteiger partial charge in [-0.2, -0.15) is 0 Å². The van der Waals surface area contributed by atoms with Gasteiger partial charge in [-0.25, -0.2) is 9.37 Å². The number of H-pyrrole nitrogens is 1. The van der Waals surface area contributed by atoms with Crippen LogP contribution < -0.4 is 10.6 Å². The number of nitrogens with two attached hydrogens (primary N) is 1. The molecule has 0 spiro atoms. The number of benzene rings is 2. The van der Waals surface area contributed by atoms with Crippen molar-refractivity contribution in [3.63, 3.8) is 0 Å². The Hall–Kier alpha value is -3.42. The molecule has 5 rings (SSSR count). The van der Waals surface area contributed by atoms with Crippen LogP contribution in [0, 0.1) is 5.82 Å². The Kier molecular flexibility index (Phi) is 6.92. The first kappa shape index (κ1) is 25.2. The van der Waals surface area contributed by atoms with Crippen molar-refractivity contribution < 1.29 is 9.18 Å². The van der Waals surface area contributed by atoms with Gasteiger partial charge in [-0.3, -0.25) is 4.79 Å². The number of anilines is 1. The van der Waals surface area contributed by atoms with E-state index in [9.17, 15) is 9.18 Å². The van der Waals surface area contributed by atoms with Crippen molar-refractivity contribution in [1.82, 2.24) is 14.9 Å². The van der Waals surface area contributed by atoms with Crippen LogP contribution in [0.2, 0.25) is 5.02 Å². The topological polar surface area (TPSA) is 78.2 Å². The highest BCUT2D eigenvalue weighted by Gasteiger charge is 2.32. The summed E-state index contributed by atoms with van der Waals surface area (Å²) >= 11 is 6.10. The van der Waals surface area contributed by atoms with Crippen molar-refractivity contribution >= 4 is 34.2 Å². The Morgan fingerprint density at radius 2 is 1.86 bits per heavy atom. The van der Waals surface area contributed by atoms with Gasteiger partial charge < -0.3 is 20.5 Å². The summed E-state index contributed by atoms with van der Waals surface area (Å²) in [6, 6.07) is 16.0. The number of nitrogens with one attached hydrogen (secondary N) is 1. The van der Waals surface area contributed by atoms with Crippen LogP contribution in [-0.4, -0.2) is 52.5 Å². The maximum absolute atomic E-state index is 14.1. The first-order valence-electron chi connectivity index (χ1n) is 12.5. The minimum atomic E-state index is -0.501. The molecule has 0 radical (unpaired) electrons. The van der Waals surface area contributed by atoms with Gasteiger partial charge in [-0.15, -0.1) is 0 Å². The summed E-state index contributed by atoms with van der Waals surface area (Å²) in [6.45, 7) is 6.34. The summed E-state index contributed by atoms with van der Waals surface area (Å²) in [7, 11) is 0. The standard InChI is InChI=1S/C29H31ClFN5O/c1-29(2,32)17-24(19-6-8-21(30)9-7-19)28(37)36-14-12-35(13-15-36)26-23-10-11-33-27(23)34-18-25(26)20-4-3-5-22(31)16-20/h3-11,16,18,24H,12-15,17,32H2,1-2H3,(H,33,34). The van der Waals surface area contributed by atoms with Crippen molar-refractivity contribution in [2.75, 3.05) is 31.1 Å². The van der Waals surface area contributed by atoms with Crippen molar-refractivity contribution in [3.05, 3.63) is 83.4 Å². The van der Waals surface area contributed by atoms with E-state index in [2.05, 4.69) is 14.9 Å². The van der Waals surface area contributed by atoms with Crippen LogP contribution in [0.4, 0.5) is 10.1 Å². The average Bonchev–Trinajstić information content (AvgIpc) is 3.35. The number of hydrogen-bond donors (Lipinski definition) is 2. The van der Waals surface area contributed by atoms with E-state index in [1.807, 2.05) is 61.3 Å². The van der Waals surface area contributed by atoms with Crippen molar-refractivity contribution in [1.29, 1.82) is 0 Å². The summed E-state index contributed by atoms with van der Waals surface area (Å²) in [5, 5.41) is 1.61. The molecule has 3 heterocycles. The molecular formula is C29H31ClFN5O. The van der Waals surface area contributed by atoms with Gasteiger partial charge in [0.1, 0.15) is 11.5 Å². The molecule has 8 heteroatoms. The number of carbonyl (C=O) groups is 1. The fourth-order valence-electron chi connectivity index (χ4n) is 5.14. The molecule has 6 nitrogen and oxygen atoms in total. The summed E-state index contributed by atoms with van der Waals surface area (Å²) in [4.78, 5) is 25.7. The lowest BCUT2D eigenvalue weighted by atomic mass is 9.85. The second kappa shape index (κ2) is 10.1. The van der Waals surface area contributed by atoms with Crippen LogP contribution >= 0.6 is 11.6 Å². The number of aromatic nitrogens is 2. The highest BCUT2D eigenvalue weighted by Crippen LogP contribution is 2.37. The molecule has 1 saturated heterocycles. The van der Waals surface area contributed by atoms with Gasteiger partial charge in [-0.1, -0.05) is 35.9 Å². The van der Waals surface area contributed by atoms with Crippen LogP contribution in [0.15, 0.2) is 67.0 Å². The quantitative estimate of drug-likeness (QED) is 0.348. The van der Waals surface area contributed by atoms with Gasteiger partial charge in [0.05, 0.1) is 11.6 Å². The highest BCUT2D eigenvalue weighted by atomic mass is 35.5. The third-order valence-corrected chi connectivity index (χ3v) is 7.15. The van der Waals surface area contributed by atoms with Crippen molar-refractivity contribution in [2.24, 2.45) is 5.73 Å². The Labute approximate surface area is 221 Å². The molecule has 4 aromatic rings. The maximum Gasteiger partial charge on any atom is 0.230 e. The monoisotopic (exact) mass is 519 g/mol. The van der Waals surface area contributed by atoms with Crippen LogP contribution in [0.5, 0.6) is 0 Å². The number of pyridine rings is 1. The van der Waals surface area contributed by atoms with Crippen LogP contribution in [0.3, 0.4) is 0 Å². The molecule has 1 fully saturated rings. The molecule has 1 aliphatic heterocycles. The zero-order valence-corrected chi connectivity index (χ0v) is 21.8. The van der Waals surface area contributed by atoms with Crippen molar-refractivity contribution in [3.8, 4) is 11.1 Å². The van der Waals surface area contributed by atoms with Gasteiger partial charge in [0.25, 0.3) is 0 Å². The van der Waals surface area contributed by atoms with E-state index in [1.54, 1.807) is 12.3 Å². The molecule has 0 saturated carbocycles. The number of halogens is 2. The Morgan fingerprint density at radius 3 is 2.54 bits per heavy atom. The average molecular weight is 520 g/mol. The normalized spacial score (nSPS) is 15.3. The van der Waals surface area contributed by atoms with E-state index >= 15 is 0 Å². The van der Waals surface area contributed by atoms with E-state index < -0.39 is 5.54 Å². The predicted octanol–water partition coefficient (Wildman–Crippen LogP) is 5.58. The first-order chi connectivity index (χ1) is 17.7. The molecule has 0 aliphatic carbocycles. The van der Waals surface area contributed by atoms with E-state index in [4.69, 9.17) is 17.3 Å². The largest absolute Gasteiger partial charge is 0.367 e. The lowest BCUT2D eigenvalue weighted by Crippen LogP contribution is -2.51. The summed E-state index contributed by atoms with van der Waals surface area (Å²) in [5.74, 6) is -0.555. The third kappa shape index (κ3) is 5.48. The molecule has 2 aromatic carbocycles. The summed E-state index contributed by atoms with van der Waals surface area (Å²) < 4.78 is 14.1. The van der Waals surface area contributed by atoms with E-state index in [0.717, 1.165) is 33.4 Å². The molecule has 1 unspecified atom stereocenters. The molecule has 192 valence electrons.